The Balaban J connectivity index is 1.40. The van der Waals surface area contributed by atoms with E-state index in [1.54, 1.807) is 0 Å². The van der Waals surface area contributed by atoms with E-state index in [-0.39, 0.29) is 5.91 Å². The molecule has 2 aromatic carbocycles. The van der Waals surface area contributed by atoms with Gasteiger partial charge in [0.1, 0.15) is 12.4 Å². The number of nitrogens with zero attached hydrogens (tertiary/aromatic N) is 1. The number of carbonyl (C=O) groups is 1. The lowest BCUT2D eigenvalue weighted by Crippen LogP contribution is -2.29. The minimum absolute atomic E-state index is 0.0297. The van der Waals surface area contributed by atoms with Crippen molar-refractivity contribution in [1.82, 2.24) is 15.3 Å². The number of aromatic nitrogens is 2. The van der Waals surface area contributed by atoms with Gasteiger partial charge in [-0.1, -0.05) is 59.8 Å². The number of imidazole rings is 1. The van der Waals surface area contributed by atoms with Gasteiger partial charge in [0.25, 0.3) is 0 Å². The Bertz CT molecular complexity index is 954. The first-order valence-electron chi connectivity index (χ1n) is 9.70. The molecular weight excluding hydrogens is 382 g/mol. The molecule has 0 saturated carbocycles. The highest BCUT2D eigenvalue weighted by Crippen LogP contribution is 2.19. The second-order valence-electron chi connectivity index (χ2n) is 7.03. The standard InChI is InChI=1S/C23H27N3O2S/c1-16-9-10-21(17(2)13-16)28-12-11-24-22(27)15-29-23-25-18(3)20(26-23)14-19-7-5-4-6-8-19/h4-10,13H,11-12,14-15H2,1-3H3,(H,24,27)(H,25,26). The Morgan fingerprint density at radius 1 is 1.14 bits per heavy atom. The summed E-state index contributed by atoms with van der Waals surface area (Å²) in [4.78, 5) is 20.0. The number of aromatic amines is 1. The van der Waals surface area contributed by atoms with Crippen LogP contribution in [-0.4, -0.2) is 34.8 Å². The number of H-pyrrole nitrogens is 1. The molecule has 1 aromatic heterocycles. The predicted octanol–water partition coefficient (Wildman–Crippen LogP) is 4.21. The number of benzene rings is 2. The lowest BCUT2D eigenvalue weighted by molar-refractivity contribution is -0.118. The van der Waals surface area contributed by atoms with E-state index >= 15 is 0 Å². The van der Waals surface area contributed by atoms with Gasteiger partial charge in [0, 0.05) is 12.1 Å². The first-order chi connectivity index (χ1) is 14.0. The molecule has 1 amide bonds. The maximum Gasteiger partial charge on any atom is 0.230 e. The summed E-state index contributed by atoms with van der Waals surface area (Å²) < 4.78 is 5.74. The Morgan fingerprint density at radius 2 is 1.93 bits per heavy atom. The van der Waals surface area contributed by atoms with Gasteiger partial charge >= 0.3 is 0 Å². The normalized spacial score (nSPS) is 10.7. The summed E-state index contributed by atoms with van der Waals surface area (Å²) in [6.07, 6.45) is 0.783. The number of hydrogen-bond acceptors (Lipinski definition) is 4. The number of aryl methyl sites for hydroxylation is 3. The number of ether oxygens (including phenoxy) is 1. The molecule has 0 atom stereocenters. The summed E-state index contributed by atoms with van der Waals surface area (Å²) in [5.74, 6) is 1.15. The fourth-order valence-electron chi connectivity index (χ4n) is 2.99. The number of thioether (sulfide) groups is 1. The largest absolute Gasteiger partial charge is 0.491 e. The van der Waals surface area contributed by atoms with Crippen molar-refractivity contribution in [2.24, 2.45) is 0 Å². The molecule has 152 valence electrons. The van der Waals surface area contributed by atoms with Crippen molar-refractivity contribution >= 4 is 17.7 Å². The first kappa shape index (κ1) is 21.0. The molecule has 6 heteroatoms. The van der Waals surface area contributed by atoms with Crippen LogP contribution in [0.15, 0.2) is 53.7 Å². The highest BCUT2D eigenvalue weighted by Gasteiger charge is 2.10. The Kier molecular flexibility index (Phi) is 7.36. The van der Waals surface area contributed by atoms with Crippen LogP contribution in [-0.2, 0) is 11.2 Å². The van der Waals surface area contributed by atoms with Crippen LogP contribution >= 0.6 is 11.8 Å². The topological polar surface area (TPSA) is 67.0 Å². The van der Waals surface area contributed by atoms with Crippen LogP contribution in [0.2, 0.25) is 0 Å². The maximum atomic E-state index is 12.1. The third-order valence-corrected chi connectivity index (χ3v) is 5.40. The quantitative estimate of drug-likeness (QED) is 0.410. The van der Waals surface area contributed by atoms with Gasteiger partial charge in [0.05, 0.1) is 18.0 Å². The second kappa shape index (κ2) is 10.2. The summed E-state index contributed by atoms with van der Waals surface area (Å²) >= 11 is 1.41. The summed E-state index contributed by atoms with van der Waals surface area (Å²) in [7, 11) is 0. The minimum Gasteiger partial charge on any atom is -0.491 e. The predicted molar refractivity (Wildman–Crippen MR) is 118 cm³/mol. The number of hydrogen-bond donors (Lipinski definition) is 2. The van der Waals surface area contributed by atoms with Crippen molar-refractivity contribution in [1.29, 1.82) is 0 Å². The number of amides is 1. The van der Waals surface area contributed by atoms with Gasteiger partial charge in [-0.3, -0.25) is 4.79 Å². The van der Waals surface area contributed by atoms with E-state index in [1.807, 2.05) is 44.2 Å². The molecule has 0 aliphatic carbocycles. The van der Waals surface area contributed by atoms with Gasteiger partial charge in [-0.25, -0.2) is 4.98 Å². The van der Waals surface area contributed by atoms with Gasteiger partial charge in [0.15, 0.2) is 5.16 Å². The van der Waals surface area contributed by atoms with Crippen LogP contribution in [0, 0.1) is 20.8 Å². The Morgan fingerprint density at radius 3 is 2.69 bits per heavy atom. The van der Waals surface area contributed by atoms with Crippen LogP contribution in [0.3, 0.4) is 0 Å². The van der Waals surface area contributed by atoms with Crippen LogP contribution in [0.5, 0.6) is 5.75 Å². The minimum atomic E-state index is -0.0297. The maximum absolute atomic E-state index is 12.1. The van der Waals surface area contributed by atoms with E-state index < -0.39 is 0 Å². The zero-order valence-electron chi connectivity index (χ0n) is 17.1. The molecule has 3 rings (SSSR count). The molecule has 3 aromatic rings. The molecule has 0 fully saturated rings. The zero-order valence-corrected chi connectivity index (χ0v) is 17.9. The van der Waals surface area contributed by atoms with Crippen molar-refractivity contribution in [2.75, 3.05) is 18.9 Å². The van der Waals surface area contributed by atoms with E-state index in [2.05, 4.69) is 40.4 Å². The summed E-state index contributed by atoms with van der Waals surface area (Å²) in [6.45, 7) is 7.01. The van der Waals surface area contributed by atoms with Crippen molar-refractivity contribution < 1.29 is 9.53 Å². The number of rotatable bonds is 9. The van der Waals surface area contributed by atoms with Crippen LogP contribution in [0.25, 0.3) is 0 Å². The molecule has 2 N–H and O–H groups in total. The van der Waals surface area contributed by atoms with E-state index in [9.17, 15) is 4.79 Å². The SMILES string of the molecule is Cc1ccc(OCCNC(=O)CSc2nc(Cc3ccccc3)c(C)[nH]2)c(C)c1. The third-order valence-electron chi connectivity index (χ3n) is 4.53. The molecule has 0 spiro atoms. The molecule has 29 heavy (non-hydrogen) atoms. The van der Waals surface area contributed by atoms with Crippen LogP contribution in [0.4, 0.5) is 0 Å². The molecule has 5 nitrogen and oxygen atoms in total. The molecule has 0 aliphatic rings. The smallest absolute Gasteiger partial charge is 0.230 e. The van der Waals surface area contributed by atoms with Crippen molar-refractivity contribution in [2.45, 2.75) is 32.3 Å². The second-order valence-corrected chi connectivity index (χ2v) is 8.00. The van der Waals surface area contributed by atoms with Gasteiger partial charge in [-0.2, -0.15) is 0 Å². The van der Waals surface area contributed by atoms with E-state index in [0.29, 0.717) is 18.9 Å². The van der Waals surface area contributed by atoms with Crippen molar-refractivity contribution in [3.63, 3.8) is 0 Å². The van der Waals surface area contributed by atoms with Crippen LogP contribution < -0.4 is 10.1 Å². The molecule has 1 heterocycles. The van der Waals surface area contributed by atoms with E-state index in [1.165, 1.54) is 22.9 Å². The highest BCUT2D eigenvalue weighted by molar-refractivity contribution is 7.99. The number of nitrogens with one attached hydrogen (secondary N) is 2. The average Bonchev–Trinajstić information content (AvgIpc) is 3.05. The number of carbonyl (C=O) groups excluding carboxylic acids is 1. The molecule has 0 unspecified atom stereocenters. The molecule has 0 saturated heterocycles. The van der Waals surface area contributed by atoms with E-state index in [0.717, 1.165) is 34.3 Å². The average molecular weight is 410 g/mol. The Labute approximate surface area is 176 Å². The first-order valence-corrected chi connectivity index (χ1v) is 10.7. The monoisotopic (exact) mass is 409 g/mol. The van der Waals surface area contributed by atoms with Gasteiger partial charge < -0.3 is 15.0 Å². The Hall–Kier alpha value is -2.73. The summed E-state index contributed by atoms with van der Waals surface area (Å²) in [6, 6.07) is 16.3. The zero-order chi connectivity index (χ0) is 20.6. The van der Waals surface area contributed by atoms with E-state index in [4.69, 9.17) is 4.74 Å². The third kappa shape index (κ3) is 6.39. The van der Waals surface area contributed by atoms with Crippen molar-refractivity contribution in [3.8, 4) is 5.75 Å². The van der Waals surface area contributed by atoms with Crippen molar-refractivity contribution in [3.05, 3.63) is 76.6 Å². The summed E-state index contributed by atoms with van der Waals surface area (Å²) in [5.41, 5.74) is 5.59. The van der Waals surface area contributed by atoms with Gasteiger partial charge in [-0.05, 0) is 38.0 Å². The fourth-order valence-corrected chi connectivity index (χ4v) is 3.76. The summed E-state index contributed by atoms with van der Waals surface area (Å²) in [5, 5.41) is 3.66. The highest BCUT2D eigenvalue weighted by atomic mass is 32.2. The molecule has 0 bridgehead atoms. The molecule has 0 radical (unpaired) electrons. The van der Waals surface area contributed by atoms with Gasteiger partial charge in [-0.15, -0.1) is 0 Å². The molecular formula is C23H27N3O2S. The van der Waals surface area contributed by atoms with Crippen LogP contribution in [0.1, 0.15) is 28.1 Å². The fraction of sp³-hybridized carbons (Fsp3) is 0.304. The van der Waals surface area contributed by atoms with Gasteiger partial charge in [0.2, 0.25) is 5.91 Å². The molecule has 0 aliphatic heterocycles. The lowest BCUT2D eigenvalue weighted by Gasteiger charge is -2.10. The lowest BCUT2D eigenvalue weighted by atomic mass is 10.1.